The fraction of sp³-hybridized carbons (Fsp3) is 0.286. The molecule has 2 aliphatic rings. The minimum absolute atomic E-state index is 0.146. The first-order valence-electron chi connectivity index (χ1n) is 12.2. The molecule has 3 heterocycles. The lowest BCUT2D eigenvalue weighted by Gasteiger charge is -2.38. The number of pyridine rings is 1. The van der Waals surface area contributed by atoms with Crippen LogP contribution in [-0.2, 0) is 0 Å². The van der Waals surface area contributed by atoms with E-state index in [2.05, 4.69) is 63.0 Å². The molecule has 0 bridgehead atoms. The molecule has 2 aromatic carbocycles. The molecule has 3 aromatic rings. The van der Waals surface area contributed by atoms with Crippen molar-refractivity contribution in [3.63, 3.8) is 0 Å². The fourth-order valence-electron chi connectivity index (χ4n) is 4.85. The van der Waals surface area contributed by atoms with Crippen LogP contribution in [0.25, 0.3) is 28.0 Å². The van der Waals surface area contributed by atoms with Crippen molar-refractivity contribution in [3.05, 3.63) is 66.6 Å². The molecule has 1 fully saturated rings. The summed E-state index contributed by atoms with van der Waals surface area (Å²) in [6, 6.07) is 16.2. The third-order valence-corrected chi connectivity index (χ3v) is 7.00. The Kier molecular flexibility index (Phi) is 6.36. The number of nitrogen functional groups attached to an aromatic ring is 1. The number of nitrogens with zero attached hydrogens (tertiary/aromatic N) is 4. The van der Waals surface area contributed by atoms with Crippen LogP contribution in [0.1, 0.15) is 19.4 Å². The van der Waals surface area contributed by atoms with Gasteiger partial charge in [-0.05, 0) is 49.2 Å². The van der Waals surface area contributed by atoms with Gasteiger partial charge in [-0.15, -0.1) is 0 Å². The Labute approximate surface area is 211 Å². The third kappa shape index (κ3) is 4.52. The highest BCUT2D eigenvalue weighted by Gasteiger charge is 2.21. The van der Waals surface area contributed by atoms with Crippen LogP contribution in [0, 0.1) is 5.95 Å². The molecule has 186 valence electrons. The number of rotatable bonds is 4. The van der Waals surface area contributed by atoms with Gasteiger partial charge in [-0.25, -0.2) is 4.98 Å². The quantitative estimate of drug-likeness (QED) is 0.467. The lowest BCUT2D eigenvalue weighted by atomic mass is 9.97. The van der Waals surface area contributed by atoms with Crippen LogP contribution in [0.2, 0.25) is 0 Å². The van der Waals surface area contributed by atoms with Gasteiger partial charge in [0.15, 0.2) is 5.96 Å². The Morgan fingerprint density at radius 1 is 0.944 bits per heavy atom. The van der Waals surface area contributed by atoms with E-state index in [1.807, 2.05) is 30.3 Å². The maximum Gasteiger partial charge on any atom is 0.222 e. The van der Waals surface area contributed by atoms with Crippen molar-refractivity contribution in [1.82, 2.24) is 15.2 Å². The molecule has 36 heavy (non-hydrogen) atoms. The summed E-state index contributed by atoms with van der Waals surface area (Å²) in [5.41, 5.74) is 12.6. The maximum atomic E-state index is 15.0. The number of hydrogen-bond acceptors (Lipinski definition) is 5. The van der Waals surface area contributed by atoms with Gasteiger partial charge >= 0.3 is 0 Å². The van der Waals surface area contributed by atoms with E-state index in [1.165, 1.54) is 0 Å². The summed E-state index contributed by atoms with van der Waals surface area (Å²) >= 11 is 0. The van der Waals surface area contributed by atoms with Crippen LogP contribution in [-0.4, -0.2) is 55.1 Å². The average Bonchev–Trinajstić information content (AvgIpc) is 2.88. The molecule has 1 aromatic heterocycles. The Bertz CT molecular complexity index is 1320. The number of anilines is 3. The second-order valence-corrected chi connectivity index (χ2v) is 9.48. The number of hydrogen-bond donors (Lipinski definition) is 3. The highest BCUT2D eigenvalue weighted by atomic mass is 19.1. The van der Waals surface area contributed by atoms with E-state index in [0.717, 1.165) is 59.9 Å². The smallest absolute Gasteiger partial charge is 0.222 e. The summed E-state index contributed by atoms with van der Waals surface area (Å²) in [7, 11) is 1.70. The predicted octanol–water partition coefficient (Wildman–Crippen LogP) is 4.64. The first-order chi connectivity index (χ1) is 17.3. The lowest BCUT2D eigenvalue weighted by molar-refractivity contribution is 0.209. The average molecular weight is 486 g/mol. The van der Waals surface area contributed by atoms with Gasteiger partial charge in [0.05, 0.1) is 5.69 Å². The summed E-state index contributed by atoms with van der Waals surface area (Å²) in [4.78, 5) is 13.1. The van der Waals surface area contributed by atoms with Crippen LogP contribution in [0.15, 0.2) is 60.1 Å². The number of nitrogens with one attached hydrogen (secondary N) is 2. The predicted molar refractivity (Wildman–Crippen MR) is 148 cm³/mol. The van der Waals surface area contributed by atoms with E-state index in [9.17, 15) is 4.39 Å². The molecule has 0 radical (unpaired) electrons. The molecule has 2 aliphatic heterocycles. The van der Waals surface area contributed by atoms with E-state index in [0.29, 0.717) is 23.1 Å². The number of aromatic nitrogens is 1. The van der Waals surface area contributed by atoms with Crippen LogP contribution in [0.3, 0.4) is 0 Å². The van der Waals surface area contributed by atoms with Crippen LogP contribution in [0.4, 0.5) is 21.6 Å². The number of guanidine groups is 1. The van der Waals surface area contributed by atoms with Gasteiger partial charge in [-0.3, -0.25) is 9.89 Å². The van der Waals surface area contributed by atoms with Gasteiger partial charge in [0.2, 0.25) is 5.95 Å². The SMILES string of the molecule is C=C1NC(=NC)Nc2cc(-c3cc(-c4ccc(N5CCN(C(C)C)CC5)cc4)c(F)nc3N)ccc21. The summed E-state index contributed by atoms with van der Waals surface area (Å²) in [6.45, 7) is 12.6. The molecule has 4 N–H and O–H groups in total. The summed E-state index contributed by atoms with van der Waals surface area (Å²) in [6.07, 6.45) is 0. The molecule has 1 saturated heterocycles. The molecule has 5 rings (SSSR count). The molecule has 8 heteroatoms. The number of halogens is 1. The zero-order valence-corrected chi connectivity index (χ0v) is 21.0. The van der Waals surface area contributed by atoms with Crippen molar-refractivity contribution in [2.75, 3.05) is 49.2 Å². The number of nitrogens with two attached hydrogens (primary N) is 1. The second kappa shape index (κ2) is 9.62. The lowest BCUT2D eigenvalue weighted by Crippen LogP contribution is -2.48. The highest BCUT2D eigenvalue weighted by Crippen LogP contribution is 2.36. The molecular formula is C28H32FN7. The van der Waals surface area contributed by atoms with E-state index in [4.69, 9.17) is 5.73 Å². The van der Waals surface area contributed by atoms with Crippen LogP contribution < -0.4 is 21.3 Å². The minimum atomic E-state index is -0.580. The number of fused-ring (bicyclic) bond motifs is 1. The van der Waals surface area contributed by atoms with Gasteiger partial charge in [0.25, 0.3) is 0 Å². The number of piperazine rings is 1. The molecule has 0 aliphatic carbocycles. The monoisotopic (exact) mass is 485 g/mol. The van der Waals surface area contributed by atoms with Crippen molar-refractivity contribution >= 4 is 28.8 Å². The zero-order chi connectivity index (χ0) is 25.4. The van der Waals surface area contributed by atoms with E-state index >= 15 is 0 Å². The van der Waals surface area contributed by atoms with Gasteiger partial charge in [-0.1, -0.05) is 30.8 Å². The van der Waals surface area contributed by atoms with E-state index in [-0.39, 0.29) is 5.82 Å². The normalized spacial score (nSPS) is 17.2. The maximum absolute atomic E-state index is 15.0. The Hall–Kier alpha value is -3.91. The van der Waals surface area contributed by atoms with Crippen LogP contribution in [0.5, 0.6) is 0 Å². The van der Waals surface area contributed by atoms with Crippen molar-refractivity contribution in [3.8, 4) is 22.3 Å². The molecule has 0 spiro atoms. The van der Waals surface area contributed by atoms with Crippen molar-refractivity contribution in [2.45, 2.75) is 19.9 Å². The number of benzene rings is 2. The molecule has 0 amide bonds. The fourth-order valence-corrected chi connectivity index (χ4v) is 4.85. The highest BCUT2D eigenvalue weighted by molar-refractivity contribution is 6.06. The van der Waals surface area contributed by atoms with Crippen LogP contribution >= 0.6 is 0 Å². The largest absolute Gasteiger partial charge is 0.383 e. The van der Waals surface area contributed by atoms with Crippen molar-refractivity contribution < 1.29 is 4.39 Å². The summed E-state index contributed by atoms with van der Waals surface area (Å²) < 4.78 is 15.0. The van der Waals surface area contributed by atoms with Crippen molar-refractivity contribution in [2.24, 2.45) is 4.99 Å². The molecule has 0 atom stereocenters. The second-order valence-electron chi connectivity index (χ2n) is 9.48. The first kappa shape index (κ1) is 23.8. The van der Waals surface area contributed by atoms with Crippen molar-refractivity contribution in [1.29, 1.82) is 0 Å². The molecule has 7 nitrogen and oxygen atoms in total. The Morgan fingerprint density at radius 3 is 2.31 bits per heavy atom. The summed E-state index contributed by atoms with van der Waals surface area (Å²) in [5, 5.41) is 6.36. The standard InChI is InChI=1S/C28H32FN7/c1-17(2)35-11-13-36(14-12-35)21-8-5-19(6-9-21)23-16-24(27(30)34-26(23)29)20-7-10-22-18(3)32-28(31-4)33-25(22)15-20/h5-10,15-17H,3,11-14H2,1-2,4H3,(H2,30,34)(H2,31,32,33). The molecule has 0 saturated carbocycles. The van der Waals surface area contributed by atoms with Gasteiger partial charge < -0.3 is 21.3 Å². The third-order valence-electron chi connectivity index (χ3n) is 7.00. The summed E-state index contributed by atoms with van der Waals surface area (Å²) in [5.74, 6) is 0.179. The number of aliphatic imine (C=N–C) groups is 1. The van der Waals surface area contributed by atoms with E-state index < -0.39 is 5.95 Å². The molecular weight excluding hydrogens is 453 g/mol. The Morgan fingerprint density at radius 2 is 1.64 bits per heavy atom. The first-order valence-corrected chi connectivity index (χ1v) is 12.2. The Balaban J connectivity index is 1.43. The molecule has 0 unspecified atom stereocenters. The van der Waals surface area contributed by atoms with Gasteiger partial charge in [0.1, 0.15) is 5.82 Å². The zero-order valence-electron chi connectivity index (χ0n) is 21.0. The topological polar surface area (TPSA) is 81.8 Å². The van der Waals surface area contributed by atoms with Gasteiger partial charge in [0, 0.05) is 67.3 Å². The van der Waals surface area contributed by atoms with E-state index in [1.54, 1.807) is 13.1 Å². The minimum Gasteiger partial charge on any atom is -0.383 e. The van der Waals surface area contributed by atoms with Gasteiger partial charge in [-0.2, -0.15) is 4.39 Å².